The van der Waals surface area contributed by atoms with Gasteiger partial charge in [-0.25, -0.2) is 0 Å². The minimum atomic E-state index is 0.161. The van der Waals surface area contributed by atoms with Crippen LogP contribution >= 0.6 is 0 Å². The Kier molecular flexibility index (Phi) is 3.87. The predicted octanol–water partition coefficient (Wildman–Crippen LogP) is 1.96. The normalized spacial score (nSPS) is 27.2. The number of fused-ring (bicyclic) bond motifs is 1. The number of furan rings is 1. The van der Waals surface area contributed by atoms with Crippen molar-refractivity contribution in [3.63, 3.8) is 0 Å². The largest absolute Gasteiger partial charge is 0.469 e. The van der Waals surface area contributed by atoms with Gasteiger partial charge in [-0.15, -0.1) is 0 Å². The smallest absolute Gasteiger partial charge is 0.220 e. The molecule has 2 fully saturated rings. The molecule has 2 aliphatic heterocycles. The summed E-state index contributed by atoms with van der Waals surface area (Å²) in [5.41, 5.74) is 0. The lowest BCUT2D eigenvalue weighted by Crippen LogP contribution is -2.46. The summed E-state index contributed by atoms with van der Waals surface area (Å²) in [7, 11) is 0. The van der Waals surface area contributed by atoms with Crippen molar-refractivity contribution in [3.8, 4) is 0 Å². The van der Waals surface area contributed by atoms with Gasteiger partial charge in [-0.2, -0.15) is 0 Å². The molecule has 2 atom stereocenters. The number of aryl methyl sites for hydroxylation is 1. The Balaban J connectivity index is 1.47. The fourth-order valence-electron chi connectivity index (χ4n) is 3.39. The molecule has 1 aromatic heterocycles. The number of nitrogens with one attached hydrogen (secondary N) is 1. The molecule has 0 saturated carbocycles. The number of hydrogen-bond acceptors (Lipinski definition) is 3. The van der Waals surface area contributed by atoms with Crippen LogP contribution in [-0.2, 0) is 11.2 Å². The predicted molar refractivity (Wildman–Crippen MR) is 72.8 cm³/mol. The van der Waals surface area contributed by atoms with Crippen molar-refractivity contribution in [2.75, 3.05) is 13.1 Å². The lowest BCUT2D eigenvalue weighted by atomic mass is 9.99. The molecule has 2 saturated heterocycles. The maximum absolute atomic E-state index is 12.0. The first-order valence-electron chi connectivity index (χ1n) is 7.39. The third-order valence-electron chi connectivity index (χ3n) is 4.38. The average molecular weight is 262 g/mol. The van der Waals surface area contributed by atoms with E-state index < -0.39 is 0 Å². The molecule has 0 radical (unpaired) electrons. The molecule has 1 aromatic rings. The van der Waals surface area contributed by atoms with Crippen LogP contribution in [0, 0.1) is 0 Å². The molecular weight excluding hydrogens is 240 g/mol. The molecule has 0 aromatic carbocycles. The molecule has 1 amide bonds. The van der Waals surface area contributed by atoms with Crippen molar-refractivity contribution in [1.29, 1.82) is 0 Å². The Labute approximate surface area is 114 Å². The number of carbonyl (C=O) groups is 1. The summed E-state index contributed by atoms with van der Waals surface area (Å²) in [6.45, 7) is 2.36. The second-order valence-corrected chi connectivity index (χ2v) is 5.64. The molecule has 4 heteroatoms. The molecule has 0 bridgehead atoms. The fraction of sp³-hybridized carbons (Fsp3) is 0.667. The number of hydrogen-bond donors (Lipinski definition) is 1. The summed E-state index contributed by atoms with van der Waals surface area (Å²) < 4.78 is 5.25. The zero-order valence-electron chi connectivity index (χ0n) is 11.3. The van der Waals surface area contributed by atoms with E-state index >= 15 is 0 Å². The maximum atomic E-state index is 12.0. The van der Waals surface area contributed by atoms with Gasteiger partial charge >= 0.3 is 0 Å². The molecule has 4 nitrogen and oxygen atoms in total. The van der Waals surface area contributed by atoms with Gasteiger partial charge in [-0.3, -0.25) is 9.69 Å². The first-order valence-corrected chi connectivity index (χ1v) is 7.39. The highest BCUT2D eigenvalue weighted by atomic mass is 16.3. The van der Waals surface area contributed by atoms with Crippen LogP contribution < -0.4 is 5.32 Å². The first kappa shape index (κ1) is 12.7. The van der Waals surface area contributed by atoms with E-state index in [4.69, 9.17) is 4.42 Å². The molecule has 2 aliphatic rings. The van der Waals surface area contributed by atoms with Gasteiger partial charge in [0.15, 0.2) is 0 Å². The van der Waals surface area contributed by atoms with Crippen LogP contribution in [0.2, 0.25) is 0 Å². The Bertz CT molecular complexity index is 416. The number of amides is 1. The third kappa shape index (κ3) is 3.00. The first-order chi connectivity index (χ1) is 9.33. The highest BCUT2D eigenvalue weighted by Gasteiger charge is 2.35. The highest BCUT2D eigenvalue weighted by Crippen LogP contribution is 2.27. The van der Waals surface area contributed by atoms with Crippen molar-refractivity contribution in [3.05, 3.63) is 24.2 Å². The van der Waals surface area contributed by atoms with Gasteiger partial charge < -0.3 is 9.73 Å². The van der Waals surface area contributed by atoms with Crippen LogP contribution in [-0.4, -0.2) is 36.0 Å². The average Bonchev–Trinajstić information content (AvgIpc) is 3.07. The maximum Gasteiger partial charge on any atom is 0.220 e. The molecule has 0 spiro atoms. The highest BCUT2D eigenvalue weighted by molar-refractivity contribution is 5.76. The lowest BCUT2D eigenvalue weighted by Gasteiger charge is -2.32. The third-order valence-corrected chi connectivity index (χ3v) is 4.38. The minimum absolute atomic E-state index is 0.161. The van der Waals surface area contributed by atoms with E-state index in [2.05, 4.69) is 10.2 Å². The molecule has 1 N–H and O–H groups in total. The minimum Gasteiger partial charge on any atom is -0.469 e. The van der Waals surface area contributed by atoms with Crippen molar-refractivity contribution in [1.82, 2.24) is 10.2 Å². The Hall–Kier alpha value is -1.29. The SMILES string of the molecule is O=C(CCc1ccco1)N[C@H]1CCN2CCCC[C@@H]12. The van der Waals surface area contributed by atoms with Crippen LogP contribution in [0.15, 0.2) is 22.8 Å². The van der Waals surface area contributed by atoms with E-state index in [1.807, 2.05) is 12.1 Å². The number of nitrogens with zero attached hydrogens (tertiary/aromatic N) is 1. The zero-order valence-corrected chi connectivity index (χ0v) is 11.3. The standard InChI is InChI=1S/C15H22N2O2/c18-15(7-6-12-4-3-11-19-12)16-13-8-10-17-9-2-1-5-14(13)17/h3-4,11,13-14H,1-2,5-10H2,(H,16,18)/t13-,14-/m0/s1. The van der Waals surface area contributed by atoms with Gasteiger partial charge in [0.2, 0.25) is 5.91 Å². The zero-order chi connectivity index (χ0) is 13.1. The quantitative estimate of drug-likeness (QED) is 0.902. The van der Waals surface area contributed by atoms with E-state index in [-0.39, 0.29) is 5.91 Å². The molecule has 0 aliphatic carbocycles. The number of rotatable bonds is 4. The molecule has 0 unspecified atom stereocenters. The topological polar surface area (TPSA) is 45.5 Å². The van der Waals surface area contributed by atoms with Gasteiger partial charge in [-0.05, 0) is 37.9 Å². The Morgan fingerprint density at radius 3 is 3.16 bits per heavy atom. The summed E-state index contributed by atoms with van der Waals surface area (Å²) in [6.07, 6.45) is 7.84. The Morgan fingerprint density at radius 1 is 1.37 bits per heavy atom. The van der Waals surface area contributed by atoms with Crippen LogP contribution in [0.5, 0.6) is 0 Å². The van der Waals surface area contributed by atoms with Crippen LogP contribution in [0.4, 0.5) is 0 Å². The molecule has 3 rings (SSSR count). The van der Waals surface area contributed by atoms with Gasteiger partial charge in [0.05, 0.1) is 6.26 Å². The van der Waals surface area contributed by atoms with E-state index in [1.165, 1.54) is 25.8 Å². The van der Waals surface area contributed by atoms with Gasteiger partial charge in [0, 0.05) is 31.5 Å². The second-order valence-electron chi connectivity index (χ2n) is 5.64. The summed E-state index contributed by atoms with van der Waals surface area (Å²) in [5, 5.41) is 3.22. The Morgan fingerprint density at radius 2 is 2.32 bits per heavy atom. The van der Waals surface area contributed by atoms with Crippen LogP contribution in [0.25, 0.3) is 0 Å². The molecular formula is C15H22N2O2. The summed E-state index contributed by atoms with van der Waals surface area (Å²) >= 11 is 0. The summed E-state index contributed by atoms with van der Waals surface area (Å²) in [6, 6.07) is 4.74. The fourth-order valence-corrected chi connectivity index (χ4v) is 3.39. The molecule has 104 valence electrons. The lowest BCUT2D eigenvalue weighted by molar-refractivity contribution is -0.122. The van der Waals surface area contributed by atoms with Gasteiger partial charge in [0.1, 0.15) is 5.76 Å². The summed E-state index contributed by atoms with van der Waals surface area (Å²) in [5.74, 6) is 1.05. The van der Waals surface area contributed by atoms with E-state index in [9.17, 15) is 4.79 Å². The van der Waals surface area contributed by atoms with Crippen molar-refractivity contribution < 1.29 is 9.21 Å². The van der Waals surface area contributed by atoms with Crippen LogP contribution in [0.1, 0.15) is 37.9 Å². The number of carbonyl (C=O) groups excluding carboxylic acids is 1. The van der Waals surface area contributed by atoms with E-state index in [1.54, 1.807) is 6.26 Å². The van der Waals surface area contributed by atoms with Crippen molar-refractivity contribution >= 4 is 5.91 Å². The van der Waals surface area contributed by atoms with Crippen molar-refractivity contribution in [2.45, 2.75) is 50.6 Å². The van der Waals surface area contributed by atoms with Gasteiger partial charge in [-0.1, -0.05) is 6.42 Å². The van der Waals surface area contributed by atoms with E-state index in [0.717, 1.165) is 18.7 Å². The second kappa shape index (κ2) is 5.78. The van der Waals surface area contributed by atoms with Crippen molar-refractivity contribution in [2.24, 2.45) is 0 Å². The number of piperidine rings is 1. The van der Waals surface area contributed by atoms with Crippen LogP contribution in [0.3, 0.4) is 0 Å². The molecule has 3 heterocycles. The molecule has 19 heavy (non-hydrogen) atoms. The monoisotopic (exact) mass is 262 g/mol. The van der Waals surface area contributed by atoms with Gasteiger partial charge in [0.25, 0.3) is 0 Å². The van der Waals surface area contributed by atoms with E-state index in [0.29, 0.717) is 24.9 Å². The summed E-state index contributed by atoms with van der Waals surface area (Å²) in [4.78, 5) is 14.5.